The second-order valence-electron chi connectivity index (χ2n) is 14.2. The molecule has 0 aliphatic carbocycles. The lowest BCUT2D eigenvalue weighted by molar-refractivity contribution is 0.0732. The SMILES string of the molecule is CCCCCCCCOc1ccc(N=Cc2ccc(C(=O)Oc3cccc(OC(=O)c4ccc(C=Nc5ccc(OCCCCCCCC)cc5)cc4)c3)cc2)cc1. The van der Waals surface area contributed by atoms with E-state index in [0.717, 1.165) is 60.1 Å². The maximum Gasteiger partial charge on any atom is 0.343 e. The Bertz CT molecular complexity index is 1880. The largest absolute Gasteiger partial charge is 0.494 e. The van der Waals surface area contributed by atoms with Crippen LogP contribution in [0.2, 0.25) is 0 Å². The summed E-state index contributed by atoms with van der Waals surface area (Å²) in [7, 11) is 0. The smallest absolute Gasteiger partial charge is 0.343 e. The van der Waals surface area contributed by atoms with E-state index in [9.17, 15) is 9.59 Å². The second kappa shape index (κ2) is 24.6. The summed E-state index contributed by atoms with van der Waals surface area (Å²) in [5, 5.41) is 0. The van der Waals surface area contributed by atoms with Gasteiger partial charge in [0.2, 0.25) is 0 Å². The minimum Gasteiger partial charge on any atom is -0.494 e. The molecule has 0 saturated carbocycles. The molecule has 5 aromatic rings. The van der Waals surface area contributed by atoms with E-state index < -0.39 is 11.9 Å². The summed E-state index contributed by atoms with van der Waals surface area (Å²) in [6.07, 6.45) is 18.3. The van der Waals surface area contributed by atoms with Crippen LogP contribution >= 0.6 is 0 Å². The molecule has 8 heteroatoms. The molecule has 0 N–H and O–H groups in total. The third-order valence-corrected chi connectivity index (χ3v) is 9.45. The molecule has 58 heavy (non-hydrogen) atoms. The third-order valence-electron chi connectivity index (χ3n) is 9.45. The van der Waals surface area contributed by atoms with Crippen molar-refractivity contribution in [2.45, 2.75) is 90.9 Å². The van der Waals surface area contributed by atoms with E-state index in [0.29, 0.717) is 11.1 Å². The van der Waals surface area contributed by atoms with Gasteiger partial charge in [-0.1, -0.05) is 108 Å². The zero-order valence-corrected chi connectivity index (χ0v) is 33.9. The number of benzene rings is 5. The van der Waals surface area contributed by atoms with Crippen LogP contribution < -0.4 is 18.9 Å². The Kier molecular flexibility index (Phi) is 18.3. The summed E-state index contributed by atoms with van der Waals surface area (Å²) in [4.78, 5) is 34.9. The summed E-state index contributed by atoms with van der Waals surface area (Å²) >= 11 is 0. The van der Waals surface area contributed by atoms with Crippen LogP contribution in [0.15, 0.2) is 131 Å². The topological polar surface area (TPSA) is 95.8 Å². The first kappa shape index (κ1) is 43.1. The van der Waals surface area contributed by atoms with Crippen molar-refractivity contribution < 1.29 is 28.5 Å². The highest BCUT2D eigenvalue weighted by atomic mass is 16.5. The lowest BCUT2D eigenvalue weighted by Crippen LogP contribution is -2.10. The zero-order valence-electron chi connectivity index (χ0n) is 33.9. The van der Waals surface area contributed by atoms with Crippen LogP contribution in [0, 0.1) is 0 Å². The van der Waals surface area contributed by atoms with Gasteiger partial charge in [0, 0.05) is 18.5 Å². The van der Waals surface area contributed by atoms with Gasteiger partial charge in [-0.25, -0.2) is 9.59 Å². The van der Waals surface area contributed by atoms with E-state index in [4.69, 9.17) is 18.9 Å². The van der Waals surface area contributed by atoms with E-state index in [-0.39, 0.29) is 11.5 Å². The number of rotatable bonds is 24. The fourth-order valence-corrected chi connectivity index (χ4v) is 6.04. The summed E-state index contributed by atoms with van der Waals surface area (Å²) in [6.45, 7) is 5.90. The first-order valence-electron chi connectivity index (χ1n) is 20.8. The van der Waals surface area contributed by atoms with E-state index in [2.05, 4.69) is 23.8 Å². The molecule has 302 valence electrons. The molecule has 0 heterocycles. The number of hydrogen-bond acceptors (Lipinski definition) is 8. The highest BCUT2D eigenvalue weighted by molar-refractivity contribution is 5.93. The molecule has 0 unspecified atom stereocenters. The summed E-state index contributed by atoms with van der Waals surface area (Å²) in [5.41, 5.74) is 4.03. The predicted molar refractivity (Wildman–Crippen MR) is 234 cm³/mol. The number of aliphatic imine (C=N–C) groups is 2. The van der Waals surface area contributed by atoms with Crippen molar-refractivity contribution in [1.82, 2.24) is 0 Å². The fourth-order valence-electron chi connectivity index (χ4n) is 6.04. The van der Waals surface area contributed by atoms with Gasteiger partial charge in [-0.2, -0.15) is 0 Å². The molecule has 0 aromatic heterocycles. The molecule has 0 fully saturated rings. The van der Waals surface area contributed by atoms with Crippen LogP contribution in [-0.2, 0) is 0 Å². The minimum atomic E-state index is -0.534. The van der Waals surface area contributed by atoms with E-state index in [1.807, 2.05) is 48.5 Å². The van der Waals surface area contributed by atoms with Crippen molar-refractivity contribution in [3.63, 3.8) is 0 Å². The fraction of sp³-hybridized carbons (Fsp3) is 0.320. The Hall–Kier alpha value is -6.02. The summed E-state index contributed by atoms with van der Waals surface area (Å²) < 4.78 is 22.9. The van der Waals surface area contributed by atoms with Gasteiger partial charge >= 0.3 is 11.9 Å². The molecule has 0 radical (unpaired) electrons. The Morgan fingerprint density at radius 1 is 0.448 bits per heavy atom. The lowest BCUT2D eigenvalue weighted by atomic mass is 10.1. The Labute approximate surface area is 344 Å². The predicted octanol–water partition coefficient (Wildman–Crippen LogP) is 13.1. The molecule has 0 spiro atoms. The number of unbranched alkanes of at least 4 members (excludes halogenated alkanes) is 10. The molecule has 5 aromatic carbocycles. The summed E-state index contributed by atoms with van der Waals surface area (Å²) in [5.74, 6) is 1.12. The van der Waals surface area contributed by atoms with Crippen molar-refractivity contribution in [2.75, 3.05) is 13.2 Å². The molecule has 8 nitrogen and oxygen atoms in total. The second-order valence-corrected chi connectivity index (χ2v) is 14.2. The van der Waals surface area contributed by atoms with E-state index in [1.165, 1.54) is 70.3 Å². The van der Waals surface area contributed by atoms with Gasteiger partial charge in [0.25, 0.3) is 0 Å². The normalized spacial score (nSPS) is 11.2. The molecule has 0 amide bonds. The summed E-state index contributed by atoms with van der Waals surface area (Å²) in [6, 6.07) is 35.8. The highest BCUT2D eigenvalue weighted by Crippen LogP contribution is 2.23. The van der Waals surface area contributed by atoms with Gasteiger partial charge in [0.1, 0.15) is 23.0 Å². The van der Waals surface area contributed by atoms with Crippen molar-refractivity contribution in [3.05, 3.63) is 144 Å². The van der Waals surface area contributed by atoms with Gasteiger partial charge in [0.05, 0.1) is 35.7 Å². The van der Waals surface area contributed by atoms with Crippen LogP contribution in [0.3, 0.4) is 0 Å². The highest BCUT2D eigenvalue weighted by Gasteiger charge is 2.12. The number of hydrogen-bond donors (Lipinski definition) is 0. The molecule has 5 rings (SSSR count). The van der Waals surface area contributed by atoms with E-state index in [1.54, 1.807) is 79.2 Å². The maximum atomic E-state index is 12.9. The minimum absolute atomic E-state index is 0.254. The van der Waals surface area contributed by atoms with Gasteiger partial charge < -0.3 is 18.9 Å². The van der Waals surface area contributed by atoms with Crippen LogP contribution in [0.4, 0.5) is 11.4 Å². The van der Waals surface area contributed by atoms with Gasteiger partial charge in [-0.3, -0.25) is 9.98 Å². The monoisotopic (exact) mass is 780 g/mol. The third kappa shape index (κ3) is 15.5. The molecular formula is C50H56N2O6. The van der Waals surface area contributed by atoms with Crippen molar-refractivity contribution in [1.29, 1.82) is 0 Å². The van der Waals surface area contributed by atoms with E-state index >= 15 is 0 Å². The quantitative estimate of drug-likeness (QED) is 0.0268. The van der Waals surface area contributed by atoms with Gasteiger partial charge in [-0.05, 0) is 109 Å². The maximum absolute atomic E-state index is 12.9. The number of nitrogens with zero attached hydrogens (tertiary/aromatic N) is 2. The van der Waals surface area contributed by atoms with Crippen molar-refractivity contribution in [3.8, 4) is 23.0 Å². The standard InChI is InChI=1S/C50H56N2O6/c1-3-5-7-9-11-13-34-55-45-30-26-43(27-31-45)51-37-39-18-22-41(23-19-39)49(53)57-47-16-15-17-48(36-47)58-50(54)42-24-20-40(21-25-42)38-52-44-28-32-46(33-29-44)56-35-14-12-10-8-6-4-2/h15-33,36-38H,3-14,34-35H2,1-2H3. The van der Waals surface area contributed by atoms with Crippen molar-refractivity contribution in [2.24, 2.45) is 9.98 Å². The number of carbonyl (C=O) groups excluding carboxylic acids is 2. The first-order chi connectivity index (χ1) is 28.5. The molecule has 0 atom stereocenters. The molecule has 0 saturated heterocycles. The Balaban J connectivity index is 1.03. The van der Waals surface area contributed by atoms with Crippen LogP contribution in [0.25, 0.3) is 0 Å². The first-order valence-corrected chi connectivity index (χ1v) is 20.8. The van der Waals surface area contributed by atoms with Gasteiger partial charge in [-0.15, -0.1) is 0 Å². The number of esters is 2. The Morgan fingerprint density at radius 3 is 1.22 bits per heavy atom. The molecule has 0 aliphatic rings. The van der Waals surface area contributed by atoms with Gasteiger partial charge in [0.15, 0.2) is 0 Å². The van der Waals surface area contributed by atoms with Crippen LogP contribution in [-0.4, -0.2) is 37.6 Å². The van der Waals surface area contributed by atoms with Crippen LogP contribution in [0.5, 0.6) is 23.0 Å². The number of ether oxygens (including phenoxy) is 4. The average molecular weight is 781 g/mol. The van der Waals surface area contributed by atoms with Crippen LogP contribution in [0.1, 0.15) is 123 Å². The molecule has 0 aliphatic heterocycles. The average Bonchev–Trinajstić information content (AvgIpc) is 3.25. The molecular weight excluding hydrogens is 725 g/mol. The number of carbonyl (C=O) groups is 2. The van der Waals surface area contributed by atoms with Crippen molar-refractivity contribution >= 4 is 35.7 Å². The zero-order chi connectivity index (χ0) is 40.6. The molecule has 0 bridgehead atoms. The Morgan fingerprint density at radius 2 is 0.828 bits per heavy atom. The lowest BCUT2D eigenvalue weighted by Gasteiger charge is -2.08.